The molecule has 5 rings (SSSR count). The molecule has 1 aromatic heterocycles. The molecule has 0 bridgehead atoms. The first-order valence-electron chi connectivity index (χ1n) is 12.4. The molecule has 3 aromatic rings. The van der Waals surface area contributed by atoms with E-state index in [0.29, 0.717) is 25.1 Å². The molecular weight excluding hydrogens is 456 g/mol. The van der Waals surface area contributed by atoms with Gasteiger partial charge in [0, 0.05) is 29.6 Å². The predicted octanol–water partition coefficient (Wildman–Crippen LogP) is 3.94. The Bertz CT molecular complexity index is 1350. The van der Waals surface area contributed by atoms with Crippen molar-refractivity contribution in [3.63, 3.8) is 0 Å². The van der Waals surface area contributed by atoms with Gasteiger partial charge in [0.1, 0.15) is 11.8 Å². The molecule has 2 N–H and O–H groups in total. The number of para-hydroxylation sites is 2. The Kier molecular flexibility index (Phi) is 5.98. The summed E-state index contributed by atoms with van der Waals surface area (Å²) in [5, 5.41) is 4.01. The second kappa shape index (κ2) is 9.00. The standard InChI is InChI=1S/C28H32N4O4/c1-17(2)15-22(25(33)29-16-18-9-5-8-12-23(18)36-4)32-26(34)28(3)24-20(13-14-31(28)27(32)35)19-10-6-7-11-21(19)30-24/h5-12,17,22,30H,13-16H2,1-4H3,(H,29,33)/t22-,28+/m1/s1. The second-order valence-corrected chi connectivity index (χ2v) is 10.1. The van der Waals surface area contributed by atoms with E-state index in [1.165, 1.54) is 4.90 Å². The van der Waals surface area contributed by atoms with Crippen LogP contribution in [-0.2, 0) is 28.1 Å². The Labute approximate surface area is 210 Å². The molecule has 2 aromatic carbocycles. The number of rotatable bonds is 7. The number of carbonyl (C=O) groups excluding carboxylic acids is 3. The number of fused-ring (bicyclic) bond motifs is 5. The van der Waals surface area contributed by atoms with Crippen LogP contribution in [0.25, 0.3) is 10.9 Å². The van der Waals surface area contributed by atoms with Crippen LogP contribution in [0, 0.1) is 5.92 Å². The van der Waals surface area contributed by atoms with E-state index in [-0.39, 0.29) is 24.3 Å². The van der Waals surface area contributed by atoms with E-state index in [2.05, 4.69) is 10.3 Å². The molecule has 8 nitrogen and oxygen atoms in total. The lowest BCUT2D eigenvalue weighted by molar-refractivity contribution is -0.140. The minimum absolute atomic E-state index is 0.0988. The molecule has 188 valence electrons. The number of hydrogen-bond donors (Lipinski definition) is 2. The molecule has 0 radical (unpaired) electrons. The van der Waals surface area contributed by atoms with Gasteiger partial charge in [-0.2, -0.15) is 0 Å². The van der Waals surface area contributed by atoms with E-state index in [4.69, 9.17) is 4.74 Å². The van der Waals surface area contributed by atoms with E-state index >= 15 is 0 Å². The van der Waals surface area contributed by atoms with Crippen LogP contribution >= 0.6 is 0 Å². The van der Waals surface area contributed by atoms with Gasteiger partial charge in [-0.3, -0.25) is 9.59 Å². The van der Waals surface area contributed by atoms with E-state index in [9.17, 15) is 14.4 Å². The van der Waals surface area contributed by atoms with Gasteiger partial charge in [-0.05, 0) is 43.4 Å². The zero-order valence-electron chi connectivity index (χ0n) is 21.1. The second-order valence-electron chi connectivity index (χ2n) is 10.1. The molecule has 1 fully saturated rings. The first-order chi connectivity index (χ1) is 17.3. The molecule has 0 saturated carbocycles. The largest absolute Gasteiger partial charge is 0.496 e. The van der Waals surface area contributed by atoms with Crippen molar-refractivity contribution in [1.29, 1.82) is 0 Å². The summed E-state index contributed by atoms with van der Waals surface area (Å²) in [6, 6.07) is 14.1. The number of benzene rings is 2. The average molecular weight is 489 g/mol. The number of H-pyrrole nitrogens is 1. The maximum Gasteiger partial charge on any atom is 0.328 e. The summed E-state index contributed by atoms with van der Waals surface area (Å²) in [5.41, 5.74) is 2.39. The van der Waals surface area contributed by atoms with Crippen LogP contribution in [-0.4, -0.2) is 52.3 Å². The summed E-state index contributed by atoms with van der Waals surface area (Å²) in [4.78, 5) is 47.5. The van der Waals surface area contributed by atoms with E-state index in [1.54, 1.807) is 18.9 Å². The number of methoxy groups -OCH3 is 1. The molecular formula is C28H32N4O4. The minimum Gasteiger partial charge on any atom is -0.496 e. The van der Waals surface area contributed by atoms with Crippen molar-refractivity contribution < 1.29 is 19.1 Å². The number of carbonyl (C=O) groups is 3. The Morgan fingerprint density at radius 2 is 1.86 bits per heavy atom. The third-order valence-electron chi connectivity index (χ3n) is 7.45. The fourth-order valence-corrected chi connectivity index (χ4v) is 5.62. The zero-order valence-corrected chi connectivity index (χ0v) is 21.1. The number of nitrogens with one attached hydrogen (secondary N) is 2. The Balaban J connectivity index is 1.47. The van der Waals surface area contributed by atoms with Gasteiger partial charge in [0.05, 0.1) is 12.8 Å². The van der Waals surface area contributed by atoms with Gasteiger partial charge in [-0.15, -0.1) is 0 Å². The minimum atomic E-state index is -1.18. The molecule has 8 heteroatoms. The highest BCUT2D eigenvalue weighted by Crippen LogP contribution is 2.45. The lowest BCUT2D eigenvalue weighted by atomic mass is 9.87. The van der Waals surface area contributed by atoms with Gasteiger partial charge < -0.3 is 19.9 Å². The first-order valence-corrected chi connectivity index (χ1v) is 12.4. The molecule has 3 heterocycles. The molecule has 2 aliphatic rings. The topological polar surface area (TPSA) is 94.7 Å². The zero-order chi connectivity index (χ0) is 25.6. The normalized spacial score (nSPS) is 20.0. The monoisotopic (exact) mass is 488 g/mol. The number of nitrogens with zero attached hydrogens (tertiary/aromatic N) is 2. The van der Waals surface area contributed by atoms with E-state index in [0.717, 1.165) is 27.7 Å². The van der Waals surface area contributed by atoms with Gasteiger partial charge >= 0.3 is 6.03 Å². The summed E-state index contributed by atoms with van der Waals surface area (Å²) >= 11 is 0. The third kappa shape index (κ3) is 3.63. The quantitative estimate of drug-likeness (QED) is 0.493. The first kappa shape index (κ1) is 23.9. The Morgan fingerprint density at radius 3 is 2.61 bits per heavy atom. The smallest absolute Gasteiger partial charge is 0.328 e. The predicted molar refractivity (Wildman–Crippen MR) is 136 cm³/mol. The highest BCUT2D eigenvalue weighted by atomic mass is 16.5. The number of hydrogen-bond acceptors (Lipinski definition) is 4. The van der Waals surface area contributed by atoms with Crippen LogP contribution < -0.4 is 10.1 Å². The van der Waals surface area contributed by atoms with Crippen molar-refractivity contribution in [1.82, 2.24) is 20.1 Å². The van der Waals surface area contributed by atoms with Crippen molar-refractivity contribution in [2.75, 3.05) is 13.7 Å². The molecule has 4 amide bonds. The van der Waals surface area contributed by atoms with E-state index < -0.39 is 17.6 Å². The maximum absolute atomic E-state index is 14.1. The molecule has 0 unspecified atom stereocenters. The van der Waals surface area contributed by atoms with Gasteiger partial charge in [0.15, 0.2) is 5.54 Å². The molecule has 1 saturated heterocycles. The highest BCUT2D eigenvalue weighted by Gasteiger charge is 2.60. The molecule has 2 aliphatic heterocycles. The molecule has 2 atom stereocenters. The summed E-state index contributed by atoms with van der Waals surface area (Å²) < 4.78 is 5.39. The Morgan fingerprint density at radius 1 is 1.14 bits per heavy atom. The van der Waals surface area contributed by atoms with Crippen molar-refractivity contribution in [2.24, 2.45) is 5.92 Å². The molecule has 0 aliphatic carbocycles. The van der Waals surface area contributed by atoms with Crippen LogP contribution in [0.1, 0.15) is 44.0 Å². The van der Waals surface area contributed by atoms with Crippen molar-refractivity contribution in [2.45, 2.75) is 51.7 Å². The summed E-state index contributed by atoms with van der Waals surface area (Å²) in [5.74, 6) is 0.0546. The third-order valence-corrected chi connectivity index (χ3v) is 7.45. The fraction of sp³-hybridized carbons (Fsp3) is 0.393. The van der Waals surface area contributed by atoms with Crippen molar-refractivity contribution in [3.8, 4) is 5.75 Å². The number of amides is 4. The van der Waals surface area contributed by atoms with Crippen LogP contribution in [0.5, 0.6) is 5.75 Å². The molecule has 0 spiro atoms. The molecule has 36 heavy (non-hydrogen) atoms. The van der Waals surface area contributed by atoms with Crippen LogP contribution in [0.2, 0.25) is 0 Å². The fourth-order valence-electron chi connectivity index (χ4n) is 5.62. The number of aromatic amines is 1. The van der Waals surface area contributed by atoms with Crippen LogP contribution in [0.3, 0.4) is 0 Å². The summed E-state index contributed by atoms with van der Waals surface area (Å²) in [6.07, 6.45) is 1.02. The summed E-state index contributed by atoms with van der Waals surface area (Å²) in [6.45, 7) is 6.41. The Hall–Kier alpha value is -3.81. The van der Waals surface area contributed by atoms with E-state index in [1.807, 2.05) is 62.4 Å². The lowest BCUT2D eigenvalue weighted by Crippen LogP contribution is -2.51. The average Bonchev–Trinajstić information content (AvgIpc) is 3.35. The number of imide groups is 1. The number of ether oxygens (including phenoxy) is 1. The SMILES string of the molecule is COc1ccccc1CNC(=O)[C@@H](CC(C)C)N1C(=O)N2CCc3c([nH]c4ccccc34)[C@@]2(C)C1=O. The van der Waals surface area contributed by atoms with Crippen LogP contribution in [0.4, 0.5) is 4.79 Å². The summed E-state index contributed by atoms with van der Waals surface area (Å²) in [7, 11) is 1.58. The van der Waals surface area contributed by atoms with Gasteiger partial charge in [-0.25, -0.2) is 9.69 Å². The van der Waals surface area contributed by atoms with Crippen molar-refractivity contribution in [3.05, 3.63) is 65.4 Å². The number of urea groups is 1. The van der Waals surface area contributed by atoms with Crippen molar-refractivity contribution >= 4 is 28.7 Å². The highest BCUT2D eigenvalue weighted by molar-refractivity contribution is 6.11. The van der Waals surface area contributed by atoms with Gasteiger partial charge in [-0.1, -0.05) is 50.2 Å². The van der Waals surface area contributed by atoms with Gasteiger partial charge in [0.25, 0.3) is 5.91 Å². The maximum atomic E-state index is 14.1. The van der Waals surface area contributed by atoms with Crippen LogP contribution in [0.15, 0.2) is 48.5 Å². The number of aromatic nitrogens is 1. The lowest BCUT2D eigenvalue weighted by Gasteiger charge is -2.36. The van der Waals surface area contributed by atoms with Gasteiger partial charge in [0.2, 0.25) is 5.91 Å².